The van der Waals surface area contributed by atoms with Crippen LogP contribution in [0.1, 0.15) is 5.56 Å². The van der Waals surface area contributed by atoms with Gasteiger partial charge in [0.05, 0.1) is 17.3 Å². The Kier molecular flexibility index (Phi) is 5.04. The number of alkyl halides is 4. The molecule has 2 nitrogen and oxygen atoms in total. The number of anilines is 1. The van der Waals surface area contributed by atoms with E-state index in [2.05, 4.69) is 0 Å². The Morgan fingerprint density at radius 1 is 1.10 bits per heavy atom. The summed E-state index contributed by atoms with van der Waals surface area (Å²) in [5, 5.41) is 0.590. The molecule has 0 radical (unpaired) electrons. The predicted octanol–water partition coefficient (Wildman–Crippen LogP) is 3.76. The van der Waals surface area contributed by atoms with Crippen molar-refractivity contribution in [3.05, 3.63) is 28.8 Å². The molecule has 20 heavy (non-hydrogen) atoms. The SMILES string of the molecule is FC(F)(F)CN1CCN(c2c(Cl)cccc2CCl)CC1. The minimum absolute atomic E-state index is 0.332. The van der Waals surface area contributed by atoms with E-state index in [4.69, 9.17) is 23.2 Å². The third kappa shape index (κ3) is 3.93. The Labute approximate surface area is 126 Å². The Balaban J connectivity index is 2.04. The molecule has 0 saturated carbocycles. The first-order chi connectivity index (χ1) is 9.40. The van der Waals surface area contributed by atoms with Crippen LogP contribution in [0.2, 0.25) is 5.02 Å². The fourth-order valence-electron chi connectivity index (χ4n) is 2.41. The average Bonchev–Trinajstić information content (AvgIpc) is 2.38. The van der Waals surface area contributed by atoms with Gasteiger partial charge in [0.2, 0.25) is 0 Å². The lowest BCUT2D eigenvalue weighted by Gasteiger charge is -2.37. The summed E-state index contributed by atoms with van der Waals surface area (Å²) in [6.07, 6.45) is -4.14. The van der Waals surface area contributed by atoms with E-state index in [1.807, 2.05) is 17.0 Å². The van der Waals surface area contributed by atoms with Crippen LogP contribution in [0, 0.1) is 0 Å². The smallest absolute Gasteiger partial charge is 0.368 e. The highest BCUT2D eigenvalue weighted by Crippen LogP contribution is 2.32. The van der Waals surface area contributed by atoms with Gasteiger partial charge in [0, 0.05) is 32.1 Å². The number of hydrogen-bond donors (Lipinski definition) is 0. The van der Waals surface area contributed by atoms with Crippen LogP contribution in [-0.2, 0) is 5.88 Å². The van der Waals surface area contributed by atoms with Gasteiger partial charge in [-0.25, -0.2) is 0 Å². The maximum atomic E-state index is 12.3. The largest absolute Gasteiger partial charge is 0.401 e. The normalized spacial score (nSPS) is 17.6. The van der Waals surface area contributed by atoms with Gasteiger partial charge in [-0.05, 0) is 11.6 Å². The van der Waals surface area contributed by atoms with E-state index in [1.165, 1.54) is 4.90 Å². The van der Waals surface area contributed by atoms with Crippen LogP contribution in [0.5, 0.6) is 0 Å². The number of nitrogens with zero attached hydrogens (tertiary/aromatic N) is 2. The molecule has 1 aliphatic rings. The molecule has 0 aliphatic carbocycles. The molecule has 0 aromatic heterocycles. The summed E-state index contributed by atoms with van der Waals surface area (Å²) in [4.78, 5) is 3.42. The van der Waals surface area contributed by atoms with Gasteiger partial charge in [0.1, 0.15) is 0 Å². The van der Waals surface area contributed by atoms with E-state index >= 15 is 0 Å². The second kappa shape index (κ2) is 6.41. The molecule has 7 heteroatoms. The van der Waals surface area contributed by atoms with Gasteiger partial charge in [-0.15, -0.1) is 11.6 Å². The zero-order chi connectivity index (χ0) is 14.8. The Hall–Kier alpha value is -0.650. The molecule has 1 aromatic rings. The summed E-state index contributed by atoms with van der Waals surface area (Å²) in [5.41, 5.74) is 1.75. The predicted molar refractivity (Wildman–Crippen MR) is 75.7 cm³/mol. The van der Waals surface area contributed by atoms with Crippen molar-refractivity contribution in [1.82, 2.24) is 4.90 Å². The number of hydrogen-bond acceptors (Lipinski definition) is 2. The Morgan fingerprint density at radius 2 is 1.75 bits per heavy atom. The van der Waals surface area contributed by atoms with Gasteiger partial charge in [-0.3, -0.25) is 4.90 Å². The first kappa shape index (κ1) is 15.7. The molecule has 0 bridgehead atoms. The van der Waals surface area contributed by atoms with E-state index in [0.29, 0.717) is 37.1 Å². The first-order valence-electron chi connectivity index (χ1n) is 6.28. The quantitative estimate of drug-likeness (QED) is 0.780. The van der Waals surface area contributed by atoms with Crippen LogP contribution in [-0.4, -0.2) is 43.8 Å². The van der Waals surface area contributed by atoms with E-state index < -0.39 is 12.7 Å². The van der Waals surface area contributed by atoms with Crippen LogP contribution in [0.4, 0.5) is 18.9 Å². The summed E-state index contributed by atoms with van der Waals surface area (Å²) >= 11 is 12.1. The van der Waals surface area contributed by atoms with Gasteiger partial charge < -0.3 is 4.90 Å². The molecule has 0 amide bonds. The van der Waals surface area contributed by atoms with Crippen molar-refractivity contribution in [3.8, 4) is 0 Å². The molecule has 0 unspecified atom stereocenters. The standard InChI is InChI=1S/C13H15Cl2F3N2/c14-8-10-2-1-3-11(15)12(10)20-6-4-19(5-7-20)9-13(16,17)18/h1-3H,4-9H2. The fraction of sp³-hybridized carbons (Fsp3) is 0.538. The lowest BCUT2D eigenvalue weighted by Crippen LogP contribution is -2.49. The van der Waals surface area contributed by atoms with Crippen molar-refractivity contribution in [2.75, 3.05) is 37.6 Å². The Morgan fingerprint density at radius 3 is 2.30 bits per heavy atom. The van der Waals surface area contributed by atoms with Crippen LogP contribution in [0.3, 0.4) is 0 Å². The number of rotatable bonds is 3. The number of para-hydroxylation sites is 1. The van der Waals surface area contributed by atoms with Gasteiger partial charge in [0.25, 0.3) is 0 Å². The average molecular weight is 327 g/mol. The van der Waals surface area contributed by atoms with Crippen molar-refractivity contribution in [2.24, 2.45) is 0 Å². The molecule has 112 valence electrons. The van der Waals surface area contributed by atoms with Gasteiger partial charge in [-0.2, -0.15) is 13.2 Å². The highest BCUT2D eigenvalue weighted by atomic mass is 35.5. The maximum absolute atomic E-state index is 12.3. The number of halogens is 5. The van der Waals surface area contributed by atoms with E-state index in [1.54, 1.807) is 6.07 Å². The van der Waals surface area contributed by atoms with Crippen LogP contribution in [0.25, 0.3) is 0 Å². The van der Waals surface area contributed by atoms with Crippen LogP contribution >= 0.6 is 23.2 Å². The number of piperazine rings is 1. The minimum Gasteiger partial charge on any atom is -0.368 e. The summed E-state index contributed by atoms with van der Waals surface area (Å²) in [6.45, 7) is 0.915. The summed E-state index contributed by atoms with van der Waals surface area (Å²) < 4.78 is 37.0. The minimum atomic E-state index is -4.14. The lowest BCUT2D eigenvalue weighted by atomic mass is 10.1. The zero-order valence-electron chi connectivity index (χ0n) is 10.8. The molecule has 1 saturated heterocycles. The third-order valence-corrected chi connectivity index (χ3v) is 3.90. The third-order valence-electron chi connectivity index (χ3n) is 3.31. The molecule has 1 aliphatic heterocycles. The van der Waals surface area contributed by atoms with Crippen molar-refractivity contribution in [3.63, 3.8) is 0 Å². The summed E-state index contributed by atoms with van der Waals surface area (Å²) in [5.74, 6) is 0.332. The van der Waals surface area contributed by atoms with Gasteiger partial charge in [0.15, 0.2) is 0 Å². The molecule has 0 N–H and O–H groups in total. The first-order valence-corrected chi connectivity index (χ1v) is 7.19. The van der Waals surface area contributed by atoms with E-state index in [9.17, 15) is 13.2 Å². The summed E-state index contributed by atoms with van der Waals surface area (Å²) in [6, 6.07) is 5.48. The van der Waals surface area contributed by atoms with Gasteiger partial charge >= 0.3 is 6.18 Å². The monoisotopic (exact) mass is 326 g/mol. The molecule has 0 spiro atoms. The van der Waals surface area contributed by atoms with Crippen molar-refractivity contribution in [2.45, 2.75) is 12.1 Å². The number of benzene rings is 1. The van der Waals surface area contributed by atoms with Crippen molar-refractivity contribution >= 4 is 28.9 Å². The van der Waals surface area contributed by atoms with E-state index in [-0.39, 0.29) is 0 Å². The Bertz CT molecular complexity index is 457. The molecule has 0 atom stereocenters. The maximum Gasteiger partial charge on any atom is 0.401 e. The van der Waals surface area contributed by atoms with Crippen LogP contribution < -0.4 is 4.90 Å². The highest BCUT2D eigenvalue weighted by molar-refractivity contribution is 6.33. The second-order valence-corrected chi connectivity index (χ2v) is 5.43. The molecule has 1 aromatic carbocycles. The summed E-state index contributed by atoms with van der Waals surface area (Å²) in [7, 11) is 0. The molecular formula is C13H15Cl2F3N2. The topological polar surface area (TPSA) is 6.48 Å². The molecule has 2 rings (SSSR count). The zero-order valence-corrected chi connectivity index (χ0v) is 12.3. The molecular weight excluding hydrogens is 312 g/mol. The van der Waals surface area contributed by atoms with Crippen LogP contribution in [0.15, 0.2) is 18.2 Å². The lowest BCUT2D eigenvalue weighted by molar-refractivity contribution is -0.146. The molecule has 1 fully saturated rings. The van der Waals surface area contributed by atoms with E-state index in [0.717, 1.165) is 11.3 Å². The second-order valence-electron chi connectivity index (χ2n) is 4.76. The van der Waals surface area contributed by atoms with Gasteiger partial charge in [-0.1, -0.05) is 23.7 Å². The van der Waals surface area contributed by atoms with Crippen molar-refractivity contribution in [1.29, 1.82) is 0 Å². The fourth-order valence-corrected chi connectivity index (χ4v) is 2.93. The van der Waals surface area contributed by atoms with Crippen molar-refractivity contribution < 1.29 is 13.2 Å². The molecule has 1 heterocycles. The highest BCUT2D eigenvalue weighted by Gasteiger charge is 2.32.